The first kappa shape index (κ1) is 17.9. The summed E-state index contributed by atoms with van der Waals surface area (Å²) in [7, 11) is 0. The maximum Gasteiger partial charge on any atom is 0.191 e. The van der Waals surface area contributed by atoms with Crippen molar-refractivity contribution in [2.24, 2.45) is 0 Å². The molecule has 1 atom stereocenters. The number of aryl methyl sites for hydroxylation is 1. The largest absolute Gasteiger partial charge is 0.376 e. The molecule has 2 aromatic rings. The molecule has 2 aliphatic rings. The SMILES string of the molecule is CCc1n[nH]c(CSc2nnc(C3CCNCC3)n2C[C@@H]2CCCO2)n1. The third-order valence-corrected chi connectivity index (χ3v) is 6.07. The number of hydrogen-bond acceptors (Lipinski definition) is 7. The van der Waals surface area contributed by atoms with Gasteiger partial charge in [0.2, 0.25) is 0 Å². The van der Waals surface area contributed by atoms with Crippen molar-refractivity contribution in [3.8, 4) is 0 Å². The molecular formula is C17H27N7OS. The van der Waals surface area contributed by atoms with Gasteiger partial charge in [-0.25, -0.2) is 4.98 Å². The van der Waals surface area contributed by atoms with E-state index in [0.717, 1.165) is 86.7 Å². The second kappa shape index (κ2) is 8.49. The molecule has 142 valence electrons. The minimum atomic E-state index is 0.280. The van der Waals surface area contributed by atoms with Crippen molar-refractivity contribution in [1.29, 1.82) is 0 Å². The number of nitrogens with one attached hydrogen (secondary N) is 2. The lowest BCUT2D eigenvalue weighted by molar-refractivity contribution is 0.0936. The van der Waals surface area contributed by atoms with E-state index in [0.29, 0.717) is 5.92 Å². The Bertz CT molecular complexity index is 704. The molecule has 0 bridgehead atoms. The van der Waals surface area contributed by atoms with Gasteiger partial charge in [0.25, 0.3) is 0 Å². The number of piperidine rings is 1. The third kappa shape index (κ3) is 4.10. The van der Waals surface area contributed by atoms with E-state index in [4.69, 9.17) is 4.74 Å². The molecule has 2 saturated heterocycles. The molecule has 0 saturated carbocycles. The summed E-state index contributed by atoms with van der Waals surface area (Å²) in [5, 5.41) is 20.7. The average molecular weight is 378 g/mol. The molecule has 0 spiro atoms. The molecule has 2 N–H and O–H groups in total. The van der Waals surface area contributed by atoms with Crippen molar-refractivity contribution in [2.75, 3.05) is 19.7 Å². The van der Waals surface area contributed by atoms with Crippen LogP contribution in [0, 0.1) is 0 Å². The molecule has 8 nitrogen and oxygen atoms in total. The molecule has 0 aromatic carbocycles. The Labute approximate surface area is 157 Å². The van der Waals surface area contributed by atoms with Gasteiger partial charge in [0, 0.05) is 18.9 Å². The molecule has 0 radical (unpaired) electrons. The van der Waals surface area contributed by atoms with Gasteiger partial charge in [-0.1, -0.05) is 18.7 Å². The van der Waals surface area contributed by atoms with Crippen LogP contribution in [-0.2, 0) is 23.5 Å². The number of thioether (sulfide) groups is 1. The van der Waals surface area contributed by atoms with E-state index < -0.39 is 0 Å². The van der Waals surface area contributed by atoms with Crippen LogP contribution in [0.15, 0.2) is 5.16 Å². The van der Waals surface area contributed by atoms with E-state index >= 15 is 0 Å². The lowest BCUT2D eigenvalue weighted by Gasteiger charge is -2.23. The van der Waals surface area contributed by atoms with E-state index in [-0.39, 0.29) is 6.10 Å². The van der Waals surface area contributed by atoms with Gasteiger partial charge in [0.05, 0.1) is 18.4 Å². The number of aromatic amines is 1. The molecule has 0 amide bonds. The van der Waals surface area contributed by atoms with Crippen LogP contribution in [0.5, 0.6) is 0 Å². The molecule has 26 heavy (non-hydrogen) atoms. The van der Waals surface area contributed by atoms with E-state index in [1.165, 1.54) is 0 Å². The topological polar surface area (TPSA) is 93.5 Å². The van der Waals surface area contributed by atoms with Crippen molar-refractivity contribution in [1.82, 2.24) is 35.3 Å². The Morgan fingerprint density at radius 1 is 1.23 bits per heavy atom. The minimum Gasteiger partial charge on any atom is -0.376 e. The number of hydrogen-bond donors (Lipinski definition) is 2. The zero-order chi connectivity index (χ0) is 17.8. The highest BCUT2D eigenvalue weighted by atomic mass is 32.2. The third-order valence-electron chi connectivity index (χ3n) is 5.09. The maximum absolute atomic E-state index is 5.88. The maximum atomic E-state index is 5.88. The Kier molecular flexibility index (Phi) is 5.86. The number of aromatic nitrogens is 6. The summed E-state index contributed by atoms with van der Waals surface area (Å²) in [6.07, 6.45) is 5.64. The monoisotopic (exact) mass is 377 g/mol. The summed E-state index contributed by atoms with van der Waals surface area (Å²) in [6, 6.07) is 0. The van der Waals surface area contributed by atoms with Crippen LogP contribution in [0.4, 0.5) is 0 Å². The summed E-state index contributed by atoms with van der Waals surface area (Å²) in [5.41, 5.74) is 0. The Hall–Kier alpha value is -1.45. The van der Waals surface area contributed by atoms with Crippen LogP contribution in [0.25, 0.3) is 0 Å². The van der Waals surface area contributed by atoms with E-state index in [1.807, 2.05) is 0 Å². The first-order valence-electron chi connectivity index (χ1n) is 9.62. The number of ether oxygens (including phenoxy) is 1. The quantitative estimate of drug-likeness (QED) is 0.712. The molecule has 2 fully saturated rings. The first-order chi connectivity index (χ1) is 12.8. The van der Waals surface area contributed by atoms with Crippen LogP contribution in [0.3, 0.4) is 0 Å². The highest BCUT2D eigenvalue weighted by molar-refractivity contribution is 7.98. The van der Waals surface area contributed by atoms with Gasteiger partial charge in [0.1, 0.15) is 17.5 Å². The molecule has 9 heteroatoms. The lowest BCUT2D eigenvalue weighted by Crippen LogP contribution is -2.29. The second-order valence-electron chi connectivity index (χ2n) is 6.95. The Balaban J connectivity index is 1.50. The summed E-state index contributed by atoms with van der Waals surface area (Å²) in [5.74, 6) is 4.08. The molecule has 4 heterocycles. The lowest BCUT2D eigenvalue weighted by atomic mass is 9.97. The molecule has 2 aromatic heterocycles. The molecule has 2 aliphatic heterocycles. The highest BCUT2D eigenvalue weighted by Gasteiger charge is 2.26. The summed E-state index contributed by atoms with van der Waals surface area (Å²) in [6.45, 7) is 5.89. The van der Waals surface area contributed by atoms with E-state index in [2.05, 4.69) is 42.2 Å². The average Bonchev–Trinajstić information content (AvgIpc) is 3.42. The van der Waals surface area contributed by atoms with E-state index in [1.54, 1.807) is 11.8 Å². The standard InChI is InChI=1S/C17H27N7OS/c1-2-14-19-15(21-20-14)11-26-17-23-22-16(12-5-7-18-8-6-12)24(17)10-13-4-3-9-25-13/h12-13,18H,2-11H2,1H3,(H,19,20,21)/t13-/m0/s1. The minimum absolute atomic E-state index is 0.280. The normalized spacial score (nSPS) is 21.5. The predicted octanol–water partition coefficient (Wildman–Crippen LogP) is 1.90. The van der Waals surface area contributed by atoms with Crippen LogP contribution < -0.4 is 5.32 Å². The van der Waals surface area contributed by atoms with Crippen molar-refractivity contribution in [2.45, 2.75) is 68.5 Å². The van der Waals surface area contributed by atoms with Gasteiger partial charge in [0.15, 0.2) is 5.16 Å². The molecule has 0 unspecified atom stereocenters. The van der Waals surface area contributed by atoms with Crippen LogP contribution >= 0.6 is 11.8 Å². The number of nitrogens with zero attached hydrogens (tertiary/aromatic N) is 5. The fourth-order valence-electron chi connectivity index (χ4n) is 3.64. The summed E-state index contributed by atoms with van der Waals surface area (Å²) >= 11 is 1.68. The summed E-state index contributed by atoms with van der Waals surface area (Å²) < 4.78 is 8.18. The van der Waals surface area contributed by atoms with Crippen LogP contribution in [0.1, 0.15) is 56.0 Å². The van der Waals surface area contributed by atoms with Crippen molar-refractivity contribution in [3.05, 3.63) is 17.5 Å². The van der Waals surface area contributed by atoms with Gasteiger partial charge in [-0.05, 0) is 38.8 Å². The second-order valence-corrected chi connectivity index (χ2v) is 7.89. The Morgan fingerprint density at radius 3 is 2.85 bits per heavy atom. The zero-order valence-electron chi connectivity index (χ0n) is 15.3. The first-order valence-corrected chi connectivity index (χ1v) is 10.6. The van der Waals surface area contributed by atoms with Crippen molar-refractivity contribution < 1.29 is 4.74 Å². The van der Waals surface area contributed by atoms with Gasteiger partial charge < -0.3 is 14.6 Å². The van der Waals surface area contributed by atoms with Crippen molar-refractivity contribution >= 4 is 11.8 Å². The van der Waals surface area contributed by atoms with Crippen LogP contribution in [0.2, 0.25) is 0 Å². The number of rotatable bonds is 7. The fourth-order valence-corrected chi connectivity index (χ4v) is 4.46. The van der Waals surface area contributed by atoms with Crippen LogP contribution in [-0.4, -0.2) is 55.7 Å². The van der Waals surface area contributed by atoms with Gasteiger partial charge in [-0.3, -0.25) is 5.10 Å². The van der Waals surface area contributed by atoms with Crippen molar-refractivity contribution in [3.63, 3.8) is 0 Å². The fraction of sp³-hybridized carbons (Fsp3) is 0.765. The number of H-pyrrole nitrogens is 1. The molecule has 4 rings (SSSR count). The predicted molar refractivity (Wildman–Crippen MR) is 99.2 cm³/mol. The zero-order valence-corrected chi connectivity index (χ0v) is 16.1. The van der Waals surface area contributed by atoms with Gasteiger partial charge in [-0.15, -0.1) is 10.2 Å². The highest BCUT2D eigenvalue weighted by Crippen LogP contribution is 2.29. The summed E-state index contributed by atoms with van der Waals surface area (Å²) in [4.78, 5) is 4.50. The smallest absolute Gasteiger partial charge is 0.191 e. The van der Waals surface area contributed by atoms with E-state index in [9.17, 15) is 0 Å². The van der Waals surface area contributed by atoms with Gasteiger partial charge in [-0.2, -0.15) is 5.10 Å². The Morgan fingerprint density at radius 2 is 2.12 bits per heavy atom. The molecule has 0 aliphatic carbocycles. The van der Waals surface area contributed by atoms with Gasteiger partial charge >= 0.3 is 0 Å². The molecular weight excluding hydrogens is 350 g/mol.